The summed E-state index contributed by atoms with van der Waals surface area (Å²) in [5.41, 5.74) is 1.53. The van der Waals surface area contributed by atoms with Gasteiger partial charge in [0.1, 0.15) is 11.4 Å². The maximum Gasteiger partial charge on any atom is 0.315 e. The van der Waals surface area contributed by atoms with Gasteiger partial charge in [0.05, 0.1) is 4.92 Å². The standard InChI is InChI=1S/C15H23N3O2/c1-3-12-6-5-10-17(11-9-12)14-8-4-7-13(16-2)15(14)18(19)20/h4,7-8,12,16H,3,5-6,9-11H2,1-2H3. The van der Waals surface area contributed by atoms with Gasteiger partial charge in [-0.1, -0.05) is 19.4 Å². The van der Waals surface area contributed by atoms with E-state index in [-0.39, 0.29) is 10.6 Å². The molecule has 1 aromatic rings. The Hall–Kier alpha value is -1.78. The number of nitrogens with zero attached hydrogens (tertiary/aromatic N) is 2. The number of hydrogen-bond donors (Lipinski definition) is 1. The molecule has 1 fully saturated rings. The molecule has 1 N–H and O–H groups in total. The molecule has 20 heavy (non-hydrogen) atoms. The van der Waals surface area contributed by atoms with Crippen LogP contribution in [0.4, 0.5) is 17.1 Å². The third-order valence-corrected chi connectivity index (χ3v) is 4.23. The molecule has 0 spiro atoms. The summed E-state index contributed by atoms with van der Waals surface area (Å²) in [6.07, 6.45) is 4.66. The van der Waals surface area contributed by atoms with Crippen LogP contribution in [0.15, 0.2) is 18.2 Å². The number of hydrogen-bond acceptors (Lipinski definition) is 4. The molecule has 0 bridgehead atoms. The molecule has 1 heterocycles. The molecule has 1 aromatic carbocycles. The minimum atomic E-state index is -0.274. The molecule has 2 rings (SSSR count). The van der Waals surface area contributed by atoms with Gasteiger partial charge in [-0.3, -0.25) is 10.1 Å². The number of nitro groups is 1. The largest absolute Gasteiger partial charge is 0.382 e. The van der Waals surface area contributed by atoms with E-state index in [4.69, 9.17) is 0 Å². The number of nitro benzene ring substituents is 1. The topological polar surface area (TPSA) is 58.4 Å². The molecular formula is C15H23N3O2. The van der Waals surface area contributed by atoms with Crippen molar-refractivity contribution in [2.24, 2.45) is 5.92 Å². The van der Waals surface area contributed by atoms with Crippen LogP contribution in [0.3, 0.4) is 0 Å². The van der Waals surface area contributed by atoms with Crippen LogP contribution in [0, 0.1) is 16.0 Å². The van der Waals surface area contributed by atoms with Crippen molar-refractivity contribution in [3.05, 3.63) is 28.3 Å². The molecule has 5 heteroatoms. The Morgan fingerprint density at radius 1 is 1.40 bits per heavy atom. The summed E-state index contributed by atoms with van der Waals surface area (Å²) in [5, 5.41) is 14.3. The highest BCUT2D eigenvalue weighted by Crippen LogP contribution is 2.36. The minimum Gasteiger partial charge on any atom is -0.382 e. The van der Waals surface area contributed by atoms with Gasteiger partial charge < -0.3 is 10.2 Å². The summed E-state index contributed by atoms with van der Waals surface area (Å²) in [5.74, 6) is 0.756. The molecule has 110 valence electrons. The quantitative estimate of drug-likeness (QED) is 0.674. The molecule has 5 nitrogen and oxygen atoms in total. The van der Waals surface area contributed by atoms with Gasteiger partial charge in [0, 0.05) is 20.1 Å². The lowest BCUT2D eigenvalue weighted by atomic mass is 9.98. The highest BCUT2D eigenvalue weighted by molar-refractivity contribution is 5.76. The highest BCUT2D eigenvalue weighted by atomic mass is 16.6. The van der Waals surface area contributed by atoms with Crippen molar-refractivity contribution < 1.29 is 4.92 Å². The van der Waals surface area contributed by atoms with Crippen molar-refractivity contribution in [1.29, 1.82) is 0 Å². The smallest absolute Gasteiger partial charge is 0.315 e. The van der Waals surface area contributed by atoms with Crippen LogP contribution in [0.2, 0.25) is 0 Å². The molecule has 0 aromatic heterocycles. The fourth-order valence-corrected chi connectivity index (χ4v) is 2.99. The van der Waals surface area contributed by atoms with E-state index in [0.29, 0.717) is 5.69 Å². The van der Waals surface area contributed by atoms with Gasteiger partial charge >= 0.3 is 5.69 Å². The number of para-hydroxylation sites is 1. The monoisotopic (exact) mass is 277 g/mol. The lowest BCUT2D eigenvalue weighted by Crippen LogP contribution is -2.25. The van der Waals surface area contributed by atoms with E-state index in [1.807, 2.05) is 12.1 Å². The fourth-order valence-electron chi connectivity index (χ4n) is 2.99. The molecule has 1 aliphatic rings. The van der Waals surface area contributed by atoms with Crippen molar-refractivity contribution in [2.75, 3.05) is 30.4 Å². The van der Waals surface area contributed by atoms with Gasteiger partial charge in [0.15, 0.2) is 0 Å². The Balaban J connectivity index is 2.30. The van der Waals surface area contributed by atoms with E-state index in [9.17, 15) is 10.1 Å². The van der Waals surface area contributed by atoms with Crippen molar-refractivity contribution in [3.8, 4) is 0 Å². The number of anilines is 2. The van der Waals surface area contributed by atoms with E-state index in [1.165, 1.54) is 12.8 Å². The Labute approximate surface area is 120 Å². The Morgan fingerprint density at radius 2 is 2.20 bits per heavy atom. The summed E-state index contributed by atoms with van der Waals surface area (Å²) in [4.78, 5) is 13.3. The molecule has 0 aliphatic carbocycles. The normalized spacial score (nSPS) is 19.5. The first-order chi connectivity index (χ1) is 9.67. The van der Waals surface area contributed by atoms with Crippen LogP contribution < -0.4 is 10.2 Å². The molecule has 1 unspecified atom stereocenters. The predicted molar refractivity (Wildman–Crippen MR) is 82.5 cm³/mol. The minimum absolute atomic E-state index is 0.199. The van der Waals surface area contributed by atoms with E-state index in [0.717, 1.165) is 37.5 Å². The lowest BCUT2D eigenvalue weighted by molar-refractivity contribution is -0.383. The Morgan fingerprint density at radius 3 is 2.85 bits per heavy atom. The Bertz CT molecular complexity index is 476. The first kappa shape index (κ1) is 14.6. The first-order valence-corrected chi connectivity index (χ1v) is 7.37. The summed E-state index contributed by atoms with van der Waals surface area (Å²) in [6.45, 7) is 4.04. The zero-order valence-corrected chi connectivity index (χ0v) is 12.3. The lowest BCUT2D eigenvalue weighted by Gasteiger charge is -2.23. The van der Waals surface area contributed by atoms with Gasteiger partial charge in [-0.05, 0) is 37.3 Å². The van der Waals surface area contributed by atoms with E-state index in [1.54, 1.807) is 13.1 Å². The fraction of sp³-hybridized carbons (Fsp3) is 0.600. The number of nitrogens with one attached hydrogen (secondary N) is 1. The molecule has 0 saturated carbocycles. The van der Waals surface area contributed by atoms with E-state index in [2.05, 4.69) is 17.1 Å². The van der Waals surface area contributed by atoms with Crippen molar-refractivity contribution in [3.63, 3.8) is 0 Å². The van der Waals surface area contributed by atoms with Crippen LogP contribution in [0.25, 0.3) is 0 Å². The summed E-state index contributed by atoms with van der Waals surface area (Å²) in [7, 11) is 1.72. The second kappa shape index (κ2) is 6.59. The average molecular weight is 277 g/mol. The molecule has 1 atom stereocenters. The van der Waals surface area contributed by atoms with Crippen LogP contribution in [0.1, 0.15) is 32.6 Å². The van der Waals surface area contributed by atoms with Crippen LogP contribution in [-0.4, -0.2) is 25.1 Å². The second-order valence-electron chi connectivity index (χ2n) is 5.37. The molecule has 0 radical (unpaired) electrons. The molecule has 0 amide bonds. The summed E-state index contributed by atoms with van der Waals surface area (Å²) < 4.78 is 0. The predicted octanol–water partition coefficient (Wildman–Crippen LogP) is 3.65. The van der Waals surface area contributed by atoms with E-state index >= 15 is 0 Å². The van der Waals surface area contributed by atoms with Crippen molar-refractivity contribution in [2.45, 2.75) is 32.6 Å². The molecule has 1 aliphatic heterocycles. The van der Waals surface area contributed by atoms with Gasteiger partial charge in [0.2, 0.25) is 0 Å². The van der Waals surface area contributed by atoms with Crippen LogP contribution >= 0.6 is 0 Å². The first-order valence-electron chi connectivity index (χ1n) is 7.37. The zero-order valence-electron chi connectivity index (χ0n) is 12.3. The summed E-state index contributed by atoms with van der Waals surface area (Å²) >= 11 is 0. The third-order valence-electron chi connectivity index (χ3n) is 4.23. The van der Waals surface area contributed by atoms with Crippen molar-refractivity contribution >= 4 is 17.1 Å². The summed E-state index contributed by atoms with van der Waals surface area (Å²) in [6, 6.07) is 5.51. The SMILES string of the molecule is CCC1CCCN(c2cccc(NC)c2[N+](=O)[O-])CC1. The number of rotatable bonds is 4. The second-order valence-corrected chi connectivity index (χ2v) is 5.37. The van der Waals surface area contributed by atoms with Gasteiger partial charge in [-0.2, -0.15) is 0 Å². The Kier molecular flexibility index (Phi) is 4.82. The maximum atomic E-state index is 11.4. The average Bonchev–Trinajstić information content (AvgIpc) is 2.71. The van der Waals surface area contributed by atoms with E-state index < -0.39 is 0 Å². The van der Waals surface area contributed by atoms with Gasteiger partial charge in [-0.25, -0.2) is 0 Å². The molecule has 1 saturated heterocycles. The third kappa shape index (κ3) is 3.03. The maximum absolute atomic E-state index is 11.4. The molecular weight excluding hydrogens is 254 g/mol. The number of benzene rings is 1. The van der Waals surface area contributed by atoms with Crippen LogP contribution in [0.5, 0.6) is 0 Å². The van der Waals surface area contributed by atoms with Crippen LogP contribution in [-0.2, 0) is 0 Å². The van der Waals surface area contributed by atoms with Gasteiger partial charge in [0.25, 0.3) is 0 Å². The zero-order chi connectivity index (χ0) is 14.5. The highest BCUT2D eigenvalue weighted by Gasteiger charge is 2.25. The van der Waals surface area contributed by atoms with Gasteiger partial charge in [-0.15, -0.1) is 0 Å². The van der Waals surface area contributed by atoms with Crippen molar-refractivity contribution in [1.82, 2.24) is 0 Å².